The number of hydrogen-bond acceptors (Lipinski definition) is 3. The van der Waals surface area contributed by atoms with E-state index in [1.54, 1.807) is 0 Å². The monoisotopic (exact) mass is 214 g/mol. The predicted octanol–water partition coefficient (Wildman–Crippen LogP) is 0.763. The SMILES string of the molecule is CNCC(C)NCCOCC(F)(F)F. The molecule has 0 rings (SSSR count). The smallest absolute Gasteiger partial charge is 0.371 e. The lowest BCUT2D eigenvalue weighted by Gasteiger charge is -2.13. The van der Waals surface area contributed by atoms with Gasteiger partial charge in [-0.15, -0.1) is 0 Å². The molecular weight excluding hydrogens is 197 g/mol. The Kier molecular flexibility index (Phi) is 6.86. The number of alkyl halides is 3. The minimum atomic E-state index is -4.23. The third kappa shape index (κ3) is 9.76. The van der Waals surface area contributed by atoms with Crippen molar-refractivity contribution in [3.63, 3.8) is 0 Å². The molecule has 0 saturated heterocycles. The van der Waals surface area contributed by atoms with E-state index in [1.807, 2.05) is 14.0 Å². The molecule has 0 fully saturated rings. The van der Waals surface area contributed by atoms with Gasteiger partial charge in [-0.1, -0.05) is 0 Å². The first-order chi connectivity index (χ1) is 6.45. The quantitative estimate of drug-likeness (QED) is 0.614. The Hall–Kier alpha value is -0.330. The zero-order valence-electron chi connectivity index (χ0n) is 8.45. The van der Waals surface area contributed by atoms with Crippen LogP contribution in [0.5, 0.6) is 0 Å². The number of ether oxygens (including phenoxy) is 1. The van der Waals surface area contributed by atoms with Crippen LogP contribution in [0.4, 0.5) is 13.2 Å². The minimum absolute atomic E-state index is 0.0769. The average Bonchev–Trinajstić information content (AvgIpc) is 2.02. The van der Waals surface area contributed by atoms with Gasteiger partial charge < -0.3 is 15.4 Å². The van der Waals surface area contributed by atoms with Crippen LogP contribution in [0.15, 0.2) is 0 Å². The molecule has 6 heteroatoms. The van der Waals surface area contributed by atoms with Crippen molar-refractivity contribution in [1.29, 1.82) is 0 Å². The molecule has 0 aromatic rings. The van der Waals surface area contributed by atoms with E-state index in [0.29, 0.717) is 6.54 Å². The van der Waals surface area contributed by atoms with Crippen molar-refractivity contribution in [1.82, 2.24) is 10.6 Å². The summed E-state index contributed by atoms with van der Waals surface area (Å²) in [6.07, 6.45) is -4.23. The number of likely N-dealkylation sites (N-methyl/N-ethyl adjacent to an activating group) is 1. The molecule has 3 nitrogen and oxygen atoms in total. The Labute approximate surface area is 82.0 Å². The van der Waals surface area contributed by atoms with Gasteiger partial charge in [0, 0.05) is 19.1 Å². The third-order valence-electron chi connectivity index (χ3n) is 1.52. The van der Waals surface area contributed by atoms with Crippen LogP contribution >= 0.6 is 0 Å². The molecule has 86 valence electrons. The van der Waals surface area contributed by atoms with E-state index in [-0.39, 0.29) is 12.6 Å². The molecule has 0 radical (unpaired) electrons. The molecule has 14 heavy (non-hydrogen) atoms. The zero-order chi connectivity index (χ0) is 11.0. The van der Waals surface area contributed by atoms with Crippen molar-refractivity contribution in [3.05, 3.63) is 0 Å². The first kappa shape index (κ1) is 13.7. The normalized spacial score (nSPS) is 14.4. The summed E-state index contributed by atoms with van der Waals surface area (Å²) < 4.78 is 39.2. The molecule has 0 aliphatic carbocycles. The largest absolute Gasteiger partial charge is 0.411 e. The fraction of sp³-hybridized carbons (Fsp3) is 1.00. The van der Waals surface area contributed by atoms with Crippen LogP contribution in [0.2, 0.25) is 0 Å². The fourth-order valence-electron chi connectivity index (χ4n) is 0.944. The summed E-state index contributed by atoms with van der Waals surface area (Å²) >= 11 is 0. The summed E-state index contributed by atoms with van der Waals surface area (Å²) in [6, 6.07) is 0.231. The van der Waals surface area contributed by atoms with Gasteiger partial charge in [0.05, 0.1) is 6.61 Å². The summed E-state index contributed by atoms with van der Waals surface area (Å²) in [5, 5.41) is 5.96. The van der Waals surface area contributed by atoms with Gasteiger partial charge in [-0.25, -0.2) is 0 Å². The number of nitrogens with one attached hydrogen (secondary N) is 2. The summed E-state index contributed by atoms with van der Waals surface area (Å²) in [4.78, 5) is 0. The first-order valence-corrected chi connectivity index (χ1v) is 4.48. The molecular formula is C8H17F3N2O. The third-order valence-corrected chi connectivity index (χ3v) is 1.52. The van der Waals surface area contributed by atoms with Crippen molar-refractivity contribution in [2.24, 2.45) is 0 Å². The predicted molar refractivity (Wildman–Crippen MR) is 48.3 cm³/mol. The van der Waals surface area contributed by atoms with Crippen molar-refractivity contribution in [2.75, 3.05) is 33.4 Å². The lowest BCUT2D eigenvalue weighted by molar-refractivity contribution is -0.173. The highest BCUT2D eigenvalue weighted by atomic mass is 19.4. The molecule has 0 aromatic carbocycles. The second kappa shape index (κ2) is 7.03. The first-order valence-electron chi connectivity index (χ1n) is 4.48. The van der Waals surface area contributed by atoms with Gasteiger partial charge in [0.15, 0.2) is 0 Å². The van der Waals surface area contributed by atoms with E-state index in [4.69, 9.17) is 0 Å². The summed E-state index contributed by atoms with van der Waals surface area (Å²) in [6.45, 7) is 2.06. The Bertz CT molecular complexity index is 141. The summed E-state index contributed by atoms with van der Waals surface area (Å²) in [5.41, 5.74) is 0. The van der Waals surface area contributed by atoms with Gasteiger partial charge in [0.2, 0.25) is 0 Å². The minimum Gasteiger partial charge on any atom is -0.371 e. The molecule has 1 atom stereocenters. The topological polar surface area (TPSA) is 33.3 Å². The highest BCUT2D eigenvalue weighted by molar-refractivity contribution is 4.61. The molecule has 0 amide bonds. The molecule has 1 unspecified atom stereocenters. The summed E-state index contributed by atoms with van der Waals surface area (Å²) in [5.74, 6) is 0. The van der Waals surface area contributed by atoms with E-state index < -0.39 is 12.8 Å². The van der Waals surface area contributed by atoms with Crippen LogP contribution in [0.25, 0.3) is 0 Å². The molecule has 0 aliphatic heterocycles. The Morgan fingerprint density at radius 1 is 1.36 bits per heavy atom. The second-order valence-corrected chi connectivity index (χ2v) is 3.08. The number of rotatable bonds is 7. The molecule has 0 heterocycles. The molecule has 0 saturated carbocycles. The van der Waals surface area contributed by atoms with E-state index >= 15 is 0 Å². The van der Waals surface area contributed by atoms with Crippen LogP contribution < -0.4 is 10.6 Å². The molecule has 2 N–H and O–H groups in total. The van der Waals surface area contributed by atoms with Gasteiger partial charge >= 0.3 is 6.18 Å². The maximum absolute atomic E-state index is 11.6. The average molecular weight is 214 g/mol. The highest BCUT2D eigenvalue weighted by Gasteiger charge is 2.27. The molecule has 0 spiro atoms. The van der Waals surface area contributed by atoms with Crippen LogP contribution in [0.3, 0.4) is 0 Å². The van der Waals surface area contributed by atoms with Crippen molar-refractivity contribution >= 4 is 0 Å². The van der Waals surface area contributed by atoms with Gasteiger partial charge in [0.1, 0.15) is 6.61 Å². The van der Waals surface area contributed by atoms with Crippen LogP contribution in [-0.4, -0.2) is 45.6 Å². The van der Waals surface area contributed by atoms with E-state index in [2.05, 4.69) is 15.4 Å². The Morgan fingerprint density at radius 3 is 2.50 bits per heavy atom. The van der Waals surface area contributed by atoms with Gasteiger partial charge in [0.25, 0.3) is 0 Å². The molecule has 0 bridgehead atoms. The van der Waals surface area contributed by atoms with Crippen molar-refractivity contribution in [2.45, 2.75) is 19.1 Å². The summed E-state index contributed by atoms with van der Waals surface area (Å²) in [7, 11) is 1.82. The maximum Gasteiger partial charge on any atom is 0.411 e. The van der Waals surface area contributed by atoms with E-state index in [0.717, 1.165) is 6.54 Å². The van der Waals surface area contributed by atoms with E-state index in [9.17, 15) is 13.2 Å². The number of halogens is 3. The van der Waals surface area contributed by atoms with Gasteiger partial charge in [-0.05, 0) is 14.0 Å². The van der Waals surface area contributed by atoms with E-state index in [1.165, 1.54) is 0 Å². The van der Waals surface area contributed by atoms with Gasteiger partial charge in [-0.2, -0.15) is 13.2 Å². The maximum atomic E-state index is 11.6. The second-order valence-electron chi connectivity index (χ2n) is 3.08. The number of hydrogen-bond donors (Lipinski definition) is 2. The zero-order valence-corrected chi connectivity index (χ0v) is 8.45. The lowest BCUT2D eigenvalue weighted by Crippen LogP contribution is -2.37. The molecule has 0 aliphatic rings. The van der Waals surface area contributed by atoms with Crippen LogP contribution in [-0.2, 0) is 4.74 Å². The molecule has 0 aromatic heterocycles. The lowest BCUT2D eigenvalue weighted by atomic mass is 10.3. The Balaban J connectivity index is 3.21. The van der Waals surface area contributed by atoms with Crippen LogP contribution in [0, 0.1) is 0 Å². The van der Waals surface area contributed by atoms with Crippen molar-refractivity contribution < 1.29 is 17.9 Å². The Morgan fingerprint density at radius 2 is 2.00 bits per heavy atom. The standard InChI is InChI=1S/C8H17F3N2O/c1-7(5-12-2)13-3-4-14-6-8(9,10)11/h7,12-13H,3-6H2,1-2H3. The fourth-order valence-corrected chi connectivity index (χ4v) is 0.944. The van der Waals surface area contributed by atoms with Crippen LogP contribution in [0.1, 0.15) is 6.92 Å². The van der Waals surface area contributed by atoms with Crippen molar-refractivity contribution in [3.8, 4) is 0 Å². The van der Waals surface area contributed by atoms with Gasteiger partial charge in [-0.3, -0.25) is 0 Å². The highest BCUT2D eigenvalue weighted by Crippen LogP contribution is 2.13.